The van der Waals surface area contributed by atoms with Crippen LogP contribution in [0.2, 0.25) is 0 Å². The van der Waals surface area contributed by atoms with Gasteiger partial charge in [-0.1, -0.05) is 19.9 Å². The van der Waals surface area contributed by atoms with Crippen LogP contribution in [0.3, 0.4) is 0 Å². The summed E-state index contributed by atoms with van der Waals surface area (Å²) in [5.41, 5.74) is 0.743. The fourth-order valence-electron chi connectivity index (χ4n) is 3.02. The van der Waals surface area contributed by atoms with E-state index in [0.717, 1.165) is 57.1 Å². The summed E-state index contributed by atoms with van der Waals surface area (Å²) in [5, 5.41) is 2.12. The number of hydrogen-bond donors (Lipinski definition) is 0. The number of rotatable bonds is 7. The molecule has 140 valence electrons. The largest absolute Gasteiger partial charge is 0.494 e. The van der Waals surface area contributed by atoms with Crippen molar-refractivity contribution in [2.75, 3.05) is 32.8 Å². The quantitative estimate of drug-likeness (QED) is 0.733. The summed E-state index contributed by atoms with van der Waals surface area (Å²) in [6, 6.07) is 11.8. The summed E-state index contributed by atoms with van der Waals surface area (Å²) < 4.78 is 5.73. The molecule has 1 aliphatic heterocycles. The highest BCUT2D eigenvalue weighted by molar-refractivity contribution is 7.09. The number of carbonyl (C=O) groups excluding carboxylic acids is 1. The molecular weight excluding hydrogens is 344 g/mol. The molecule has 0 N–H and O–H groups in total. The van der Waals surface area contributed by atoms with Crippen molar-refractivity contribution in [3.63, 3.8) is 0 Å². The van der Waals surface area contributed by atoms with E-state index in [2.05, 4.69) is 36.3 Å². The van der Waals surface area contributed by atoms with Crippen molar-refractivity contribution < 1.29 is 9.53 Å². The van der Waals surface area contributed by atoms with Crippen LogP contribution in [0.1, 0.15) is 35.5 Å². The molecule has 1 aromatic heterocycles. The van der Waals surface area contributed by atoms with Crippen LogP contribution in [0.5, 0.6) is 5.75 Å². The third-order valence-electron chi connectivity index (χ3n) is 4.68. The topological polar surface area (TPSA) is 32.8 Å². The first-order chi connectivity index (χ1) is 12.6. The van der Waals surface area contributed by atoms with Crippen LogP contribution in [-0.2, 0) is 6.54 Å². The number of ether oxygens (including phenoxy) is 1. The van der Waals surface area contributed by atoms with Crippen LogP contribution in [0.4, 0.5) is 0 Å². The molecule has 0 unspecified atom stereocenters. The molecule has 0 atom stereocenters. The maximum atomic E-state index is 12.7. The van der Waals surface area contributed by atoms with Crippen molar-refractivity contribution in [2.24, 2.45) is 5.92 Å². The average molecular weight is 373 g/mol. The first-order valence-corrected chi connectivity index (χ1v) is 10.3. The number of carbonyl (C=O) groups is 1. The number of nitrogens with zero attached hydrogens (tertiary/aromatic N) is 2. The molecular formula is C21H28N2O2S. The first kappa shape index (κ1) is 18.9. The van der Waals surface area contributed by atoms with Crippen LogP contribution in [0, 0.1) is 5.92 Å². The van der Waals surface area contributed by atoms with E-state index in [9.17, 15) is 4.79 Å². The van der Waals surface area contributed by atoms with Gasteiger partial charge in [0.25, 0.3) is 5.91 Å². The van der Waals surface area contributed by atoms with Crippen molar-refractivity contribution in [2.45, 2.75) is 26.8 Å². The predicted molar refractivity (Wildman–Crippen MR) is 107 cm³/mol. The fraction of sp³-hybridized carbons (Fsp3) is 0.476. The summed E-state index contributed by atoms with van der Waals surface area (Å²) in [5.74, 6) is 1.59. The summed E-state index contributed by atoms with van der Waals surface area (Å²) in [6.07, 6.45) is 1.04. The SMILES string of the molecule is CC(C)CCOc1ccc(C(=O)N2CCN(Cc3cccs3)CC2)cc1. The van der Waals surface area contributed by atoms with Gasteiger partial charge >= 0.3 is 0 Å². The zero-order chi connectivity index (χ0) is 18.4. The van der Waals surface area contributed by atoms with E-state index in [1.807, 2.05) is 29.2 Å². The number of hydrogen-bond acceptors (Lipinski definition) is 4. The second-order valence-corrected chi connectivity index (χ2v) is 8.24. The van der Waals surface area contributed by atoms with E-state index in [-0.39, 0.29) is 5.91 Å². The van der Waals surface area contributed by atoms with Crippen LogP contribution in [-0.4, -0.2) is 48.5 Å². The molecule has 0 bridgehead atoms. The molecule has 1 aromatic carbocycles. The molecule has 3 rings (SSSR count). The Morgan fingerprint density at radius 3 is 2.46 bits per heavy atom. The second-order valence-electron chi connectivity index (χ2n) is 7.20. The van der Waals surface area contributed by atoms with Gasteiger partial charge in [-0.15, -0.1) is 11.3 Å². The molecule has 0 aliphatic carbocycles. The van der Waals surface area contributed by atoms with E-state index >= 15 is 0 Å². The Morgan fingerprint density at radius 1 is 1.12 bits per heavy atom. The maximum Gasteiger partial charge on any atom is 0.253 e. The van der Waals surface area contributed by atoms with Crippen LogP contribution in [0.15, 0.2) is 41.8 Å². The van der Waals surface area contributed by atoms with E-state index in [1.165, 1.54) is 4.88 Å². The predicted octanol–water partition coefficient (Wildman–Crippen LogP) is 4.13. The standard InChI is InChI=1S/C21H28N2O2S/c1-17(2)9-14-25-19-7-5-18(6-8-19)21(24)23-12-10-22(11-13-23)16-20-4-3-15-26-20/h3-8,15,17H,9-14,16H2,1-2H3. The smallest absolute Gasteiger partial charge is 0.253 e. The van der Waals surface area contributed by atoms with Crippen LogP contribution < -0.4 is 4.74 Å². The molecule has 0 saturated carbocycles. The lowest BCUT2D eigenvalue weighted by Gasteiger charge is -2.34. The molecule has 4 nitrogen and oxygen atoms in total. The lowest BCUT2D eigenvalue weighted by molar-refractivity contribution is 0.0629. The lowest BCUT2D eigenvalue weighted by atomic mass is 10.1. The number of amides is 1. The minimum absolute atomic E-state index is 0.120. The zero-order valence-corrected chi connectivity index (χ0v) is 16.5. The van der Waals surface area contributed by atoms with Gasteiger partial charge in [-0.3, -0.25) is 9.69 Å². The monoisotopic (exact) mass is 372 g/mol. The Labute approximate surface area is 160 Å². The Balaban J connectivity index is 1.47. The normalized spacial score (nSPS) is 15.4. The molecule has 0 radical (unpaired) electrons. The molecule has 5 heteroatoms. The highest BCUT2D eigenvalue weighted by Gasteiger charge is 2.22. The van der Waals surface area contributed by atoms with Gasteiger partial charge in [0.15, 0.2) is 0 Å². The Bertz CT molecular complexity index is 675. The van der Waals surface area contributed by atoms with Gasteiger partial charge < -0.3 is 9.64 Å². The van der Waals surface area contributed by atoms with Gasteiger partial charge in [0.2, 0.25) is 0 Å². The van der Waals surface area contributed by atoms with Gasteiger partial charge in [0, 0.05) is 43.2 Å². The molecule has 1 fully saturated rings. The molecule has 2 heterocycles. The summed E-state index contributed by atoms with van der Waals surface area (Å²) in [4.78, 5) is 18.5. The number of piperazine rings is 1. The van der Waals surface area contributed by atoms with E-state index in [0.29, 0.717) is 5.92 Å². The van der Waals surface area contributed by atoms with Gasteiger partial charge in [0.1, 0.15) is 5.75 Å². The molecule has 1 saturated heterocycles. The molecule has 1 amide bonds. The summed E-state index contributed by atoms with van der Waals surface area (Å²) in [6.45, 7) is 9.52. The first-order valence-electron chi connectivity index (χ1n) is 9.38. The highest BCUT2D eigenvalue weighted by Crippen LogP contribution is 2.17. The third kappa shape index (κ3) is 5.32. The minimum Gasteiger partial charge on any atom is -0.494 e. The summed E-state index contributed by atoms with van der Waals surface area (Å²) in [7, 11) is 0. The number of benzene rings is 1. The van der Waals surface area contributed by atoms with E-state index in [4.69, 9.17) is 4.74 Å². The third-order valence-corrected chi connectivity index (χ3v) is 5.55. The highest BCUT2D eigenvalue weighted by atomic mass is 32.1. The fourth-order valence-corrected chi connectivity index (χ4v) is 3.77. The molecule has 2 aromatic rings. The van der Waals surface area contributed by atoms with Gasteiger partial charge in [-0.2, -0.15) is 0 Å². The molecule has 1 aliphatic rings. The van der Waals surface area contributed by atoms with Gasteiger partial charge in [-0.05, 0) is 48.1 Å². The van der Waals surface area contributed by atoms with E-state index in [1.54, 1.807) is 11.3 Å². The average Bonchev–Trinajstić information content (AvgIpc) is 3.15. The van der Waals surface area contributed by atoms with Crippen molar-refractivity contribution in [3.8, 4) is 5.75 Å². The summed E-state index contributed by atoms with van der Waals surface area (Å²) >= 11 is 1.79. The maximum absolute atomic E-state index is 12.7. The molecule has 0 spiro atoms. The molecule has 26 heavy (non-hydrogen) atoms. The second kappa shape index (κ2) is 9.19. The lowest BCUT2D eigenvalue weighted by Crippen LogP contribution is -2.48. The van der Waals surface area contributed by atoms with Gasteiger partial charge in [0.05, 0.1) is 6.61 Å². The zero-order valence-electron chi connectivity index (χ0n) is 15.7. The van der Waals surface area contributed by atoms with Crippen LogP contribution >= 0.6 is 11.3 Å². The van der Waals surface area contributed by atoms with Crippen LogP contribution in [0.25, 0.3) is 0 Å². The van der Waals surface area contributed by atoms with Crippen molar-refractivity contribution in [1.29, 1.82) is 0 Å². The minimum atomic E-state index is 0.120. The Hall–Kier alpha value is -1.85. The van der Waals surface area contributed by atoms with Crippen molar-refractivity contribution in [3.05, 3.63) is 52.2 Å². The number of thiophene rings is 1. The van der Waals surface area contributed by atoms with E-state index < -0.39 is 0 Å². The van der Waals surface area contributed by atoms with Crippen molar-refractivity contribution >= 4 is 17.2 Å². The Morgan fingerprint density at radius 2 is 1.85 bits per heavy atom. The van der Waals surface area contributed by atoms with Gasteiger partial charge in [-0.25, -0.2) is 0 Å². The Kier molecular flexibility index (Phi) is 6.69. The van der Waals surface area contributed by atoms with Crippen molar-refractivity contribution in [1.82, 2.24) is 9.80 Å².